The molecule has 0 saturated carbocycles. The van der Waals surface area contributed by atoms with E-state index in [0.29, 0.717) is 0 Å². The number of β-lactam (4-membered cyclic amide) rings is 1. The van der Waals surface area contributed by atoms with Gasteiger partial charge in [-0.05, 0) is 29.8 Å². The van der Waals surface area contributed by atoms with Gasteiger partial charge in [-0.1, -0.05) is 30.3 Å². The monoisotopic (exact) mass is 269 g/mol. The predicted octanol–water partition coefficient (Wildman–Crippen LogP) is 2.14. The van der Waals surface area contributed by atoms with Crippen LogP contribution in [0.5, 0.6) is 5.75 Å². The van der Waals surface area contributed by atoms with Crippen LogP contribution < -0.4 is 9.64 Å². The van der Waals surface area contributed by atoms with Gasteiger partial charge in [0, 0.05) is 5.69 Å². The van der Waals surface area contributed by atoms with Crippen molar-refractivity contribution < 1.29 is 14.6 Å². The van der Waals surface area contributed by atoms with Crippen molar-refractivity contribution >= 4 is 11.6 Å². The molecule has 1 aliphatic rings. The molecule has 2 aromatic carbocycles. The summed E-state index contributed by atoms with van der Waals surface area (Å²) in [6.07, 6.45) is -0.973. The molecule has 1 saturated heterocycles. The molecule has 0 bridgehead atoms. The van der Waals surface area contributed by atoms with Crippen LogP contribution in [-0.2, 0) is 4.79 Å². The Morgan fingerprint density at radius 2 is 1.70 bits per heavy atom. The maximum Gasteiger partial charge on any atom is 0.259 e. The van der Waals surface area contributed by atoms with Gasteiger partial charge in [0.05, 0.1) is 13.2 Å². The molecule has 0 spiro atoms. The Morgan fingerprint density at radius 1 is 1.05 bits per heavy atom. The van der Waals surface area contributed by atoms with Crippen LogP contribution in [0.15, 0.2) is 54.6 Å². The standard InChI is InChI=1S/C16H15NO3/c1-20-13-9-7-12(8-10-13)17-14(15(18)16(17)19)11-5-3-2-4-6-11/h2-10,14-15,18H,1H3/t14-,15-/m1/s1. The molecule has 1 N–H and O–H groups in total. The molecule has 1 heterocycles. The molecule has 20 heavy (non-hydrogen) atoms. The second-order valence-electron chi connectivity index (χ2n) is 4.71. The third-order valence-electron chi connectivity index (χ3n) is 3.56. The van der Waals surface area contributed by atoms with Crippen LogP contribution >= 0.6 is 0 Å². The molecular weight excluding hydrogens is 254 g/mol. The Balaban J connectivity index is 1.92. The summed E-state index contributed by atoms with van der Waals surface area (Å²) < 4.78 is 5.11. The molecule has 2 aromatic rings. The van der Waals surface area contributed by atoms with Crippen molar-refractivity contribution in [2.24, 2.45) is 0 Å². The number of nitrogens with zero attached hydrogens (tertiary/aromatic N) is 1. The fourth-order valence-corrected chi connectivity index (χ4v) is 2.49. The minimum atomic E-state index is -0.973. The first-order chi connectivity index (χ1) is 9.72. The van der Waals surface area contributed by atoms with E-state index >= 15 is 0 Å². The molecular formula is C16H15NO3. The summed E-state index contributed by atoms with van der Waals surface area (Å²) in [5, 5.41) is 9.95. The van der Waals surface area contributed by atoms with Gasteiger partial charge in [0.2, 0.25) is 0 Å². The van der Waals surface area contributed by atoms with Crippen molar-refractivity contribution in [1.29, 1.82) is 0 Å². The van der Waals surface area contributed by atoms with Crippen molar-refractivity contribution in [3.63, 3.8) is 0 Å². The Morgan fingerprint density at radius 3 is 2.30 bits per heavy atom. The number of aliphatic hydroxyl groups is 1. The zero-order valence-corrected chi connectivity index (χ0v) is 11.1. The number of amides is 1. The number of aliphatic hydroxyl groups excluding tert-OH is 1. The van der Waals surface area contributed by atoms with Crippen molar-refractivity contribution in [2.75, 3.05) is 12.0 Å². The van der Waals surface area contributed by atoms with Gasteiger partial charge in [0.25, 0.3) is 5.91 Å². The van der Waals surface area contributed by atoms with Crippen LogP contribution in [0.3, 0.4) is 0 Å². The van der Waals surface area contributed by atoms with E-state index in [9.17, 15) is 9.90 Å². The molecule has 1 fully saturated rings. The van der Waals surface area contributed by atoms with Crippen molar-refractivity contribution in [3.8, 4) is 5.75 Å². The maximum absolute atomic E-state index is 11.9. The average molecular weight is 269 g/mol. The molecule has 1 amide bonds. The fraction of sp³-hybridized carbons (Fsp3) is 0.188. The molecule has 3 rings (SSSR count). The first-order valence-corrected chi connectivity index (χ1v) is 6.42. The van der Waals surface area contributed by atoms with Crippen LogP contribution in [0.25, 0.3) is 0 Å². The van der Waals surface area contributed by atoms with Gasteiger partial charge in [-0.15, -0.1) is 0 Å². The number of rotatable bonds is 3. The lowest BCUT2D eigenvalue weighted by molar-refractivity contribution is -0.137. The third-order valence-corrected chi connectivity index (χ3v) is 3.56. The SMILES string of the molecule is COc1ccc(N2C(=O)[C@H](O)[C@H]2c2ccccc2)cc1. The number of anilines is 1. The summed E-state index contributed by atoms with van der Waals surface area (Å²) in [5.74, 6) is 0.461. The first kappa shape index (κ1) is 12.7. The Labute approximate surface area is 117 Å². The highest BCUT2D eigenvalue weighted by molar-refractivity contribution is 6.04. The van der Waals surface area contributed by atoms with Crippen LogP contribution in [0.1, 0.15) is 11.6 Å². The third kappa shape index (κ3) is 1.94. The number of carbonyl (C=O) groups excluding carboxylic acids is 1. The number of carbonyl (C=O) groups is 1. The average Bonchev–Trinajstić information content (AvgIpc) is 2.52. The number of methoxy groups -OCH3 is 1. The summed E-state index contributed by atoms with van der Waals surface area (Å²) in [4.78, 5) is 13.6. The molecule has 4 nitrogen and oxygen atoms in total. The zero-order chi connectivity index (χ0) is 14.1. The van der Waals surface area contributed by atoms with Gasteiger partial charge in [-0.3, -0.25) is 9.69 Å². The minimum Gasteiger partial charge on any atom is -0.497 e. The van der Waals surface area contributed by atoms with Crippen molar-refractivity contribution in [2.45, 2.75) is 12.1 Å². The highest BCUT2D eigenvalue weighted by Gasteiger charge is 2.47. The molecule has 0 aromatic heterocycles. The predicted molar refractivity (Wildman–Crippen MR) is 75.7 cm³/mol. The molecule has 1 aliphatic heterocycles. The Bertz CT molecular complexity index is 609. The summed E-state index contributed by atoms with van der Waals surface area (Å²) in [5.41, 5.74) is 1.69. The smallest absolute Gasteiger partial charge is 0.259 e. The summed E-state index contributed by atoms with van der Waals surface area (Å²) in [7, 11) is 1.60. The van der Waals surface area contributed by atoms with Crippen LogP contribution in [0.4, 0.5) is 5.69 Å². The van der Waals surface area contributed by atoms with Crippen molar-refractivity contribution in [3.05, 3.63) is 60.2 Å². The van der Waals surface area contributed by atoms with E-state index in [1.54, 1.807) is 24.1 Å². The second-order valence-corrected chi connectivity index (χ2v) is 4.71. The Hall–Kier alpha value is -2.33. The summed E-state index contributed by atoms with van der Waals surface area (Å²) in [6.45, 7) is 0. The molecule has 0 radical (unpaired) electrons. The second kappa shape index (κ2) is 4.98. The molecule has 4 heteroatoms. The summed E-state index contributed by atoms with van der Waals surface area (Å²) in [6, 6.07) is 16.5. The van der Waals surface area contributed by atoms with Gasteiger partial charge < -0.3 is 9.84 Å². The number of benzene rings is 2. The van der Waals surface area contributed by atoms with Crippen LogP contribution in [0, 0.1) is 0 Å². The van der Waals surface area contributed by atoms with Gasteiger partial charge in [-0.25, -0.2) is 0 Å². The van der Waals surface area contributed by atoms with Crippen LogP contribution in [-0.4, -0.2) is 24.2 Å². The summed E-state index contributed by atoms with van der Waals surface area (Å²) >= 11 is 0. The topological polar surface area (TPSA) is 49.8 Å². The number of hydrogen-bond donors (Lipinski definition) is 1. The highest BCUT2D eigenvalue weighted by Crippen LogP contribution is 2.39. The van der Waals surface area contributed by atoms with E-state index < -0.39 is 6.10 Å². The highest BCUT2D eigenvalue weighted by atomic mass is 16.5. The van der Waals surface area contributed by atoms with Gasteiger partial charge in [-0.2, -0.15) is 0 Å². The Kier molecular flexibility index (Phi) is 3.16. The zero-order valence-electron chi connectivity index (χ0n) is 11.1. The van der Waals surface area contributed by atoms with E-state index in [1.165, 1.54) is 0 Å². The largest absolute Gasteiger partial charge is 0.497 e. The van der Waals surface area contributed by atoms with E-state index in [4.69, 9.17) is 4.74 Å². The lowest BCUT2D eigenvalue weighted by atomic mass is 9.90. The van der Waals surface area contributed by atoms with E-state index in [-0.39, 0.29) is 11.9 Å². The lowest BCUT2D eigenvalue weighted by Crippen LogP contribution is -2.59. The first-order valence-electron chi connectivity index (χ1n) is 6.42. The van der Waals surface area contributed by atoms with E-state index in [2.05, 4.69) is 0 Å². The van der Waals surface area contributed by atoms with Gasteiger partial charge in [0.1, 0.15) is 5.75 Å². The molecule has 0 unspecified atom stereocenters. The van der Waals surface area contributed by atoms with E-state index in [0.717, 1.165) is 17.0 Å². The molecule has 0 aliphatic carbocycles. The van der Waals surface area contributed by atoms with Crippen molar-refractivity contribution in [1.82, 2.24) is 0 Å². The molecule has 102 valence electrons. The van der Waals surface area contributed by atoms with E-state index in [1.807, 2.05) is 42.5 Å². The molecule has 2 atom stereocenters. The fourth-order valence-electron chi connectivity index (χ4n) is 2.49. The lowest BCUT2D eigenvalue weighted by Gasteiger charge is -2.44. The van der Waals surface area contributed by atoms with Crippen LogP contribution in [0.2, 0.25) is 0 Å². The maximum atomic E-state index is 11.9. The van der Waals surface area contributed by atoms with Gasteiger partial charge in [0.15, 0.2) is 6.10 Å². The normalized spacial score (nSPS) is 21.5. The minimum absolute atomic E-state index is 0.274. The quantitative estimate of drug-likeness (QED) is 0.869. The van der Waals surface area contributed by atoms with Gasteiger partial charge >= 0.3 is 0 Å². The number of hydrogen-bond acceptors (Lipinski definition) is 3. The number of ether oxygens (including phenoxy) is 1.